The average Bonchev–Trinajstić information content (AvgIpc) is 2.82. The Morgan fingerprint density at radius 3 is 2.95 bits per heavy atom. The lowest BCUT2D eigenvalue weighted by atomic mass is 9.79. The lowest BCUT2D eigenvalue weighted by Crippen LogP contribution is -2.31. The number of fused-ring (bicyclic) bond motifs is 1. The molecule has 1 saturated carbocycles. The molecule has 2 aromatic rings. The lowest BCUT2D eigenvalue weighted by Gasteiger charge is -2.33. The third-order valence-corrected chi connectivity index (χ3v) is 4.23. The maximum absolute atomic E-state index is 11.5. The van der Waals surface area contributed by atoms with E-state index < -0.39 is 5.97 Å². The van der Waals surface area contributed by atoms with Gasteiger partial charge in [-0.1, -0.05) is 19.1 Å². The number of imidazole rings is 1. The molecule has 1 aromatic carbocycles. The number of rotatable bonds is 2. The van der Waals surface area contributed by atoms with Crippen LogP contribution >= 0.6 is 0 Å². The first kappa shape index (κ1) is 12.2. The minimum absolute atomic E-state index is 0.0219. The molecule has 0 amide bonds. The highest BCUT2D eigenvalue weighted by Gasteiger charge is 2.35. The summed E-state index contributed by atoms with van der Waals surface area (Å²) in [6.07, 6.45) is 4.47. The van der Waals surface area contributed by atoms with Crippen LogP contribution in [0.3, 0.4) is 0 Å². The SMILES string of the molecule is CC1CCC(C(=O)O)C(n2cnc3ccccc32)C1. The van der Waals surface area contributed by atoms with Crippen molar-refractivity contribution in [3.63, 3.8) is 0 Å². The van der Waals surface area contributed by atoms with Gasteiger partial charge in [-0.05, 0) is 37.3 Å². The van der Waals surface area contributed by atoms with Crippen LogP contribution in [0.5, 0.6) is 0 Å². The molecule has 3 atom stereocenters. The number of carbonyl (C=O) groups is 1. The molecule has 1 aliphatic rings. The normalized spacial score (nSPS) is 27.5. The molecule has 1 heterocycles. The van der Waals surface area contributed by atoms with Crippen molar-refractivity contribution in [3.05, 3.63) is 30.6 Å². The summed E-state index contributed by atoms with van der Waals surface area (Å²) in [7, 11) is 0. The third-order valence-electron chi connectivity index (χ3n) is 4.23. The summed E-state index contributed by atoms with van der Waals surface area (Å²) < 4.78 is 2.06. The minimum Gasteiger partial charge on any atom is -0.481 e. The van der Waals surface area contributed by atoms with E-state index in [1.54, 1.807) is 6.33 Å². The Kier molecular flexibility index (Phi) is 3.01. The van der Waals surface area contributed by atoms with Crippen molar-refractivity contribution in [2.24, 2.45) is 11.8 Å². The van der Waals surface area contributed by atoms with Crippen LogP contribution in [0.4, 0.5) is 0 Å². The number of aromatic nitrogens is 2. The molecule has 4 heteroatoms. The molecular weight excluding hydrogens is 240 g/mol. The van der Waals surface area contributed by atoms with Crippen LogP contribution in [0.15, 0.2) is 30.6 Å². The van der Waals surface area contributed by atoms with Crippen molar-refractivity contribution in [2.75, 3.05) is 0 Å². The van der Waals surface area contributed by atoms with Gasteiger partial charge in [-0.3, -0.25) is 4.79 Å². The zero-order chi connectivity index (χ0) is 13.4. The zero-order valence-corrected chi connectivity index (χ0v) is 11.0. The molecule has 3 unspecified atom stereocenters. The highest BCUT2D eigenvalue weighted by molar-refractivity contribution is 5.76. The summed E-state index contributed by atoms with van der Waals surface area (Å²) in [6.45, 7) is 2.20. The predicted octanol–water partition coefficient (Wildman–Crippen LogP) is 3.10. The minimum atomic E-state index is -0.685. The number of nitrogens with zero attached hydrogens (tertiary/aromatic N) is 2. The molecule has 0 radical (unpaired) electrons. The van der Waals surface area contributed by atoms with Gasteiger partial charge >= 0.3 is 5.97 Å². The van der Waals surface area contributed by atoms with E-state index in [0.717, 1.165) is 30.3 Å². The Morgan fingerprint density at radius 1 is 1.37 bits per heavy atom. The molecule has 0 aliphatic heterocycles. The molecule has 1 N–H and O–H groups in total. The second-order valence-electron chi connectivity index (χ2n) is 5.57. The molecule has 0 saturated heterocycles. The van der Waals surface area contributed by atoms with Crippen molar-refractivity contribution in [1.82, 2.24) is 9.55 Å². The highest BCUT2D eigenvalue weighted by atomic mass is 16.4. The summed E-state index contributed by atoms with van der Waals surface area (Å²) in [5.41, 5.74) is 1.97. The van der Waals surface area contributed by atoms with E-state index in [4.69, 9.17) is 0 Å². The second-order valence-corrected chi connectivity index (χ2v) is 5.57. The molecule has 1 aromatic heterocycles. The number of carboxylic acid groups (broad SMARTS) is 1. The quantitative estimate of drug-likeness (QED) is 0.900. The standard InChI is InChI=1S/C15H18N2O2/c1-10-6-7-11(15(18)19)14(8-10)17-9-16-12-4-2-3-5-13(12)17/h2-5,9-11,14H,6-8H2,1H3,(H,18,19). The van der Waals surface area contributed by atoms with Crippen molar-refractivity contribution >= 4 is 17.0 Å². The molecule has 3 rings (SSSR count). The van der Waals surface area contributed by atoms with Crippen LogP contribution in [0, 0.1) is 11.8 Å². The summed E-state index contributed by atoms with van der Waals surface area (Å²) in [6, 6.07) is 7.93. The van der Waals surface area contributed by atoms with Gasteiger partial charge in [0, 0.05) is 6.04 Å². The molecule has 0 bridgehead atoms. The topological polar surface area (TPSA) is 55.1 Å². The first-order valence-electron chi connectivity index (χ1n) is 6.81. The van der Waals surface area contributed by atoms with Gasteiger partial charge in [-0.2, -0.15) is 0 Å². The molecular formula is C15H18N2O2. The van der Waals surface area contributed by atoms with E-state index in [1.807, 2.05) is 24.3 Å². The number of hydrogen-bond donors (Lipinski definition) is 1. The number of carboxylic acids is 1. The van der Waals surface area contributed by atoms with Crippen LogP contribution < -0.4 is 0 Å². The van der Waals surface area contributed by atoms with Crippen LogP contribution in [-0.2, 0) is 4.79 Å². The maximum Gasteiger partial charge on any atom is 0.308 e. The fourth-order valence-electron chi connectivity index (χ4n) is 3.19. The first-order chi connectivity index (χ1) is 9.16. The first-order valence-corrected chi connectivity index (χ1v) is 6.81. The molecule has 19 heavy (non-hydrogen) atoms. The lowest BCUT2D eigenvalue weighted by molar-refractivity contribution is -0.144. The highest BCUT2D eigenvalue weighted by Crippen LogP contribution is 2.38. The van der Waals surface area contributed by atoms with Gasteiger partial charge in [-0.25, -0.2) is 4.98 Å². The summed E-state index contributed by atoms with van der Waals surface area (Å²) >= 11 is 0. The second kappa shape index (κ2) is 4.68. The van der Waals surface area contributed by atoms with Crippen LogP contribution in [-0.4, -0.2) is 20.6 Å². The van der Waals surface area contributed by atoms with Gasteiger partial charge in [0.05, 0.1) is 23.3 Å². The van der Waals surface area contributed by atoms with Gasteiger partial charge in [0.15, 0.2) is 0 Å². The maximum atomic E-state index is 11.5. The Hall–Kier alpha value is -1.84. The van der Waals surface area contributed by atoms with E-state index in [1.165, 1.54) is 0 Å². The Morgan fingerprint density at radius 2 is 2.16 bits per heavy atom. The van der Waals surface area contributed by atoms with Gasteiger partial charge in [0.25, 0.3) is 0 Å². The van der Waals surface area contributed by atoms with E-state index in [9.17, 15) is 9.90 Å². The van der Waals surface area contributed by atoms with Crippen LogP contribution in [0.25, 0.3) is 11.0 Å². The fraction of sp³-hybridized carbons (Fsp3) is 0.467. The van der Waals surface area contributed by atoms with E-state index in [0.29, 0.717) is 5.92 Å². The molecule has 1 aliphatic carbocycles. The largest absolute Gasteiger partial charge is 0.481 e. The summed E-state index contributed by atoms with van der Waals surface area (Å²) in [5, 5.41) is 9.43. The Bertz CT molecular complexity index is 605. The van der Waals surface area contributed by atoms with Crippen molar-refractivity contribution in [3.8, 4) is 0 Å². The summed E-state index contributed by atoms with van der Waals surface area (Å²) in [4.78, 5) is 15.9. The van der Waals surface area contributed by atoms with E-state index >= 15 is 0 Å². The summed E-state index contributed by atoms with van der Waals surface area (Å²) in [5.74, 6) is -0.412. The van der Waals surface area contributed by atoms with Crippen LogP contribution in [0.2, 0.25) is 0 Å². The monoisotopic (exact) mass is 258 g/mol. The predicted molar refractivity (Wildman–Crippen MR) is 72.9 cm³/mol. The number of hydrogen-bond acceptors (Lipinski definition) is 2. The van der Waals surface area contributed by atoms with Crippen molar-refractivity contribution < 1.29 is 9.90 Å². The number of para-hydroxylation sites is 2. The van der Waals surface area contributed by atoms with Gasteiger partial charge in [-0.15, -0.1) is 0 Å². The molecule has 1 fully saturated rings. The van der Waals surface area contributed by atoms with Crippen molar-refractivity contribution in [1.29, 1.82) is 0 Å². The zero-order valence-electron chi connectivity index (χ0n) is 11.0. The Balaban J connectivity index is 2.04. The number of benzene rings is 1. The van der Waals surface area contributed by atoms with Gasteiger partial charge in [0.1, 0.15) is 0 Å². The molecule has 0 spiro atoms. The van der Waals surface area contributed by atoms with E-state index in [-0.39, 0.29) is 12.0 Å². The van der Waals surface area contributed by atoms with Gasteiger partial charge in [0.2, 0.25) is 0 Å². The Labute approximate surface area is 112 Å². The average molecular weight is 258 g/mol. The van der Waals surface area contributed by atoms with Gasteiger partial charge < -0.3 is 9.67 Å². The van der Waals surface area contributed by atoms with Crippen molar-refractivity contribution in [2.45, 2.75) is 32.2 Å². The number of aliphatic carboxylic acids is 1. The molecule has 4 nitrogen and oxygen atoms in total. The molecule has 100 valence electrons. The van der Waals surface area contributed by atoms with E-state index in [2.05, 4.69) is 16.5 Å². The fourth-order valence-corrected chi connectivity index (χ4v) is 3.19. The third kappa shape index (κ3) is 2.11. The van der Waals surface area contributed by atoms with Crippen LogP contribution in [0.1, 0.15) is 32.2 Å². The smallest absolute Gasteiger partial charge is 0.308 e.